The van der Waals surface area contributed by atoms with Crippen LogP contribution in [0.25, 0.3) is 0 Å². The van der Waals surface area contributed by atoms with Crippen molar-refractivity contribution in [1.82, 2.24) is 10.4 Å². The standard InChI is InChI=1S/C22H21Br2N3O5/c1-2-13-9-17(24)7-8-18(13)25-19(28)12-32-22(31)15-10-20(29)27(11-15)26-21(30)14-3-5-16(23)6-4-14/h3-9,15H,2,10-12H2,1H3,(H,25,28)(H,26,30)/t15-/m1/s1. The third-order valence-corrected chi connectivity index (χ3v) is 5.89. The Morgan fingerprint density at radius 3 is 2.47 bits per heavy atom. The Hall–Kier alpha value is -2.72. The molecule has 0 aromatic heterocycles. The fraction of sp³-hybridized carbons (Fsp3) is 0.273. The fourth-order valence-electron chi connectivity index (χ4n) is 3.18. The molecule has 3 rings (SSSR count). The highest BCUT2D eigenvalue weighted by Gasteiger charge is 2.36. The molecular formula is C22H21Br2N3O5. The quantitative estimate of drug-likeness (QED) is 0.499. The van der Waals surface area contributed by atoms with Gasteiger partial charge in [-0.3, -0.25) is 29.6 Å². The first-order chi connectivity index (χ1) is 15.3. The van der Waals surface area contributed by atoms with Gasteiger partial charge in [0.2, 0.25) is 5.91 Å². The first-order valence-electron chi connectivity index (χ1n) is 9.88. The molecule has 1 heterocycles. The Kier molecular flexibility index (Phi) is 8.03. The van der Waals surface area contributed by atoms with Gasteiger partial charge in [-0.1, -0.05) is 38.8 Å². The summed E-state index contributed by atoms with van der Waals surface area (Å²) in [6, 6.07) is 12.1. The summed E-state index contributed by atoms with van der Waals surface area (Å²) in [5, 5.41) is 3.83. The average molecular weight is 567 g/mol. The van der Waals surface area contributed by atoms with E-state index in [4.69, 9.17) is 4.74 Å². The SMILES string of the molecule is CCc1cc(Br)ccc1NC(=O)COC(=O)[C@@H]1CC(=O)N(NC(=O)c2ccc(Br)cc2)C1. The topological polar surface area (TPSA) is 105 Å². The van der Waals surface area contributed by atoms with Crippen LogP contribution in [0.3, 0.4) is 0 Å². The van der Waals surface area contributed by atoms with Gasteiger partial charge in [0.05, 0.1) is 12.5 Å². The molecule has 1 saturated heterocycles. The van der Waals surface area contributed by atoms with Crippen LogP contribution in [-0.2, 0) is 25.5 Å². The number of ether oxygens (including phenoxy) is 1. The van der Waals surface area contributed by atoms with E-state index in [1.807, 2.05) is 19.1 Å². The molecule has 2 aromatic carbocycles. The number of hydrogen-bond acceptors (Lipinski definition) is 5. The Balaban J connectivity index is 1.49. The van der Waals surface area contributed by atoms with Crippen molar-refractivity contribution in [3.63, 3.8) is 0 Å². The Morgan fingerprint density at radius 2 is 1.78 bits per heavy atom. The van der Waals surface area contributed by atoms with Crippen LogP contribution in [-0.4, -0.2) is 41.9 Å². The van der Waals surface area contributed by atoms with Gasteiger partial charge in [0, 0.05) is 26.6 Å². The number of anilines is 1. The molecule has 3 amide bonds. The summed E-state index contributed by atoms with van der Waals surface area (Å²) in [7, 11) is 0. The summed E-state index contributed by atoms with van der Waals surface area (Å²) in [6.07, 6.45) is 0.620. The van der Waals surface area contributed by atoms with E-state index in [9.17, 15) is 19.2 Å². The second-order valence-electron chi connectivity index (χ2n) is 7.16. The van der Waals surface area contributed by atoms with Crippen LogP contribution in [0.5, 0.6) is 0 Å². The van der Waals surface area contributed by atoms with Crippen molar-refractivity contribution >= 4 is 61.2 Å². The smallest absolute Gasteiger partial charge is 0.311 e. The van der Waals surface area contributed by atoms with Gasteiger partial charge in [-0.25, -0.2) is 0 Å². The normalized spacial score (nSPS) is 15.4. The van der Waals surface area contributed by atoms with Gasteiger partial charge in [0.15, 0.2) is 6.61 Å². The molecule has 1 aliphatic heterocycles. The Morgan fingerprint density at radius 1 is 1.09 bits per heavy atom. The molecule has 0 radical (unpaired) electrons. The molecule has 1 fully saturated rings. The van der Waals surface area contributed by atoms with Gasteiger partial charge in [-0.2, -0.15) is 0 Å². The van der Waals surface area contributed by atoms with Crippen molar-refractivity contribution in [1.29, 1.82) is 0 Å². The zero-order chi connectivity index (χ0) is 23.3. The third-order valence-electron chi connectivity index (χ3n) is 4.87. The summed E-state index contributed by atoms with van der Waals surface area (Å²) in [5.74, 6) is -2.76. The fourth-order valence-corrected chi connectivity index (χ4v) is 3.85. The lowest BCUT2D eigenvalue weighted by molar-refractivity contribution is -0.151. The van der Waals surface area contributed by atoms with Gasteiger partial charge in [0.1, 0.15) is 0 Å². The second-order valence-corrected chi connectivity index (χ2v) is 9.00. The summed E-state index contributed by atoms with van der Waals surface area (Å²) >= 11 is 6.68. The lowest BCUT2D eigenvalue weighted by Gasteiger charge is -2.17. The van der Waals surface area contributed by atoms with Crippen LogP contribution in [0, 0.1) is 5.92 Å². The number of hydrogen-bond donors (Lipinski definition) is 2. The maximum Gasteiger partial charge on any atom is 0.311 e. The molecule has 1 aliphatic rings. The molecule has 10 heteroatoms. The highest BCUT2D eigenvalue weighted by atomic mass is 79.9. The van der Waals surface area contributed by atoms with E-state index < -0.39 is 36.2 Å². The van der Waals surface area contributed by atoms with E-state index in [1.54, 1.807) is 30.3 Å². The lowest BCUT2D eigenvalue weighted by atomic mass is 10.1. The highest BCUT2D eigenvalue weighted by molar-refractivity contribution is 9.10. The van der Waals surface area contributed by atoms with Gasteiger partial charge in [-0.05, 0) is 54.4 Å². The van der Waals surface area contributed by atoms with Gasteiger partial charge < -0.3 is 10.1 Å². The maximum absolute atomic E-state index is 12.3. The zero-order valence-electron chi connectivity index (χ0n) is 17.2. The molecule has 2 aromatic rings. The molecule has 2 N–H and O–H groups in total. The Bertz CT molecular complexity index is 1040. The van der Waals surface area contributed by atoms with Crippen molar-refractivity contribution < 1.29 is 23.9 Å². The van der Waals surface area contributed by atoms with E-state index in [0.717, 1.165) is 25.9 Å². The average Bonchev–Trinajstić information content (AvgIpc) is 3.13. The number of hydrazine groups is 1. The van der Waals surface area contributed by atoms with E-state index in [1.165, 1.54) is 0 Å². The van der Waals surface area contributed by atoms with E-state index in [2.05, 4.69) is 42.6 Å². The summed E-state index contributed by atoms with van der Waals surface area (Å²) in [5.41, 5.74) is 4.47. The molecule has 0 unspecified atom stereocenters. The van der Waals surface area contributed by atoms with Crippen LogP contribution in [0.4, 0.5) is 5.69 Å². The monoisotopic (exact) mass is 565 g/mol. The van der Waals surface area contributed by atoms with Crippen molar-refractivity contribution in [2.75, 3.05) is 18.5 Å². The minimum atomic E-state index is -0.764. The minimum Gasteiger partial charge on any atom is -0.455 e. The summed E-state index contributed by atoms with van der Waals surface area (Å²) in [6.45, 7) is 1.48. The third kappa shape index (κ3) is 6.17. The van der Waals surface area contributed by atoms with E-state index >= 15 is 0 Å². The zero-order valence-corrected chi connectivity index (χ0v) is 20.4. The number of carbonyl (C=O) groups is 4. The van der Waals surface area contributed by atoms with Crippen molar-refractivity contribution in [3.8, 4) is 0 Å². The molecule has 0 aliphatic carbocycles. The molecular weight excluding hydrogens is 546 g/mol. The molecule has 32 heavy (non-hydrogen) atoms. The number of nitrogens with zero attached hydrogens (tertiary/aromatic N) is 1. The molecule has 1 atom stereocenters. The first-order valence-corrected chi connectivity index (χ1v) is 11.5. The van der Waals surface area contributed by atoms with E-state index in [-0.39, 0.29) is 13.0 Å². The van der Waals surface area contributed by atoms with Crippen LogP contribution in [0.2, 0.25) is 0 Å². The van der Waals surface area contributed by atoms with Crippen LogP contribution >= 0.6 is 31.9 Å². The largest absolute Gasteiger partial charge is 0.455 e. The number of carbonyl (C=O) groups excluding carboxylic acids is 4. The van der Waals surface area contributed by atoms with Crippen molar-refractivity contribution in [2.24, 2.45) is 5.92 Å². The molecule has 0 bridgehead atoms. The van der Waals surface area contributed by atoms with Crippen LogP contribution in [0.15, 0.2) is 51.4 Å². The number of halogens is 2. The Labute approximate surface area is 201 Å². The predicted octanol–water partition coefficient (Wildman–Crippen LogP) is 3.45. The molecule has 168 valence electrons. The van der Waals surface area contributed by atoms with Crippen LogP contribution in [0.1, 0.15) is 29.3 Å². The van der Waals surface area contributed by atoms with Crippen molar-refractivity contribution in [3.05, 3.63) is 62.5 Å². The van der Waals surface area contributed by atoms with E-state index in [0.29, 0.717) is 11.3 Å². The number of esters is 1. The highest BCUT2D eigenvalue weighted by Crippen LogP contribution is 2.22. The summed E-state index contributed by atoms with van der Waals surface area (Å²) < 4.78 is 6.83. The number of aryl methyl sites for hydroxylation is 1. The predicted molar refractivity (Wildman–Crippen MR) is 125 cm³/mol. The lowest BCUT2D eigenvalue weighted by Crippen LogP contribution is -2.43. The van der Waals surface area contributed by atoms with Crippen LogP contribution < -0.4 is 10.7 Å². The van der Waals surface area contributed by atoms with Gasteiger partial charge in [0.25, 0.3) is 11.8 Å². The first kappa shape index (κ1) is 23.9. The van der Waals surface area contributed by atoms with Gasteiger partial charge >= 0.3 is 5.97 Å². The molecule has 0 spiro atoms. The second kappa shape index (κ2) is 10.7. The number of nitrogens with one attached hydrogen (secondary N) is 2. The maximum atomic E-state index is 12.3. The molecule has 0 saturated carbocycles. The minimum absolute atomic E-state index is 0.0196. The van der Waals surface area contributed by atoms with Gasteiger partial charge in [-0.15, -0.1) is 0 Å². The molecule has 8 nitrogen and oxygen atoms in total. The summed E-state index contributed by atoms with van der Waals surface area (Å²) in [4.78, 5) is 49.1. The van der Waals surface area contributed by atoms with Crippen molar-refractivity contribution in [2.45, 2.75) is 19.8 Å². The number of benzene rings is 2. The number of rotatable bonds is 7. The number of amides is 3.